The van der Waals surface area contributed by atoms with E-state index in [2.05, 4.69) is 0 Å². The molecule has 15 heteroatoms. The van der Waals surface area contributed by atoms with E-state index in [4.69, 9.17) is 5.14 Å². The molecule has 0 radical (unpaired) electrons. The number of benzene rings is 1. The molecular weight excluding hydrogens is 470 g/mol. The van der Waals surface area contributed by atoms with Gasteiger partial charge in [-0.05, 0) is 37.3 Å². The minimum absolute atomic E-state index is 0.129. The Hall–Kier alpha value is -2.49. The molecule has 0 aliphatic heterocycles. The first-order chi connectivity index (χ1) is 13.9. The molecule has 3 atom stereocenters. The Kier molecular flexibility index (Phi) is 6.30. The second kappa shape index (κ2) is 7.89. The Balaban J connectivity index is 2.33. The third kappa shape index (κ3) is 4.89. The van der Waals surface area contributed by atoms with Crippen molar-refractivity contribution in [1.29, 1.82) is 0 Å². The van der Waals surface area contributed by atoms with Gasteiger partial charge in [-0.15, -0.1) is 0 Å². The molecule has 1 aromatic rings. The summed E-state index contributed by atoms with van der Waals surface area (Å²) in [6.07, 6.45) is -2.10. The molecule has 0 aromatic heterocycles. The van der Waals surface area contributed by atoms with E-state index in [1.807, 2.05) is 4.72 Å². The molecule has 1 aromatic carbocycles. The van der Waals surface area contributed by atoms with Gasteiger partial charge in [0.15, 0.2) is 0 Å². The largest absolute Gasteiger partial charge is 0.426 e. The van der Waals surface area contributed by atoms with Crippen molar-refractivity contribution in [3.63, 3.8) is 0 Å². The van der Waals surface area contributed by atoms with Gasteiger partial charge in [-0.3, -0.25) is 9.52 Å². The summed E-state index contributed by atoms with van der Waals surface area (Å²) in [6, 6.07) is 1.67. The lowest BCUT2D eigenvalue weighted by Gasteiger charge is -2.34. The van der Waals surface area contributed by atoms with Crippen molar-refractivity contribution in [2.75, 3.05) is 4.72 Å². The van der Waals surface area contributed by atoms with Crippen molar-refractivity contribution < 1.29 is 44.3 Å². The summed E-state index contributed by atoms with van der Waals surface area (Å²) in [6.45, 7) is 0.129. The summed E-state index contributed by atoms with van der Waals surface area (Å²) < 4.78 is 104. The summed E-state index contributed by atoms with van der Waals surface area (Å²) >= 11 is 0. The lowest BCUT2D eigenvalue weighted by Crippen LogP contribution is -2.61. The zero-order valence-electron chi connectivity index (χ0n) is 15.6. The molecule has 0 spiro atoms. The first-order valence-corrected chi connectivity index (χ1v) is 11.2. The average molecular weight is 487 g/mol. The second-order valence-corrected chi connectivity index (χ2v) is 10.0. The van der Waals surface area contributed by atoms with Gasteiger partial charge in [0, 0.05) is 5.69 Å². The standard InChI is InChI=1S/C16H17F4N3O6S2/c1-14(25,16(18,19)20)13(24)22-12-4-2-3-9-15(12,17)31(28,29)23-10-5-7-11(8-6-10)30(21,26)27/h2-9,12,23,25H,1H3,(H,22,24)(H2,21,26,27)/t12?,14-,15?/m1/s1. The summed E-state index contributed by atoms with van der Waals surface area (Å²) in [5, 5.41) is 12.4. The van der Waals surface area contributed by atoms with Crippen molar-refractivity contribution >= 4 is 31.6 Å². The third-order valence-corrected chi connectivity index (χ3v) is 6.94. The fraction of sp³-hybridized carbons (Fsp3) is 0.312. The van der Waals surface area contributed by atoms with E-state index in [0.29, 0.717) is 6.08 Å². The number of primary sulfonamides is 1. The predicted octanol–water partition coefficient (Wildman–Crippen LogP) is 0.666. The van der Waals surface area contributed by atoms with E-state index >= 15 is 4.39 Å². The topological polar surface area (TPSA) is 156 Å². The van der Waals surface area contributed by atoms with Crippen molar-refractivity contribution in [2.45, 2.75) is 34.6 Å². The molecule has 1 aliphatic carbocycles. The number of hydrogen-bond acceptors (Lipinski definition) is 6. The maximum atomic E-state index is 15.5. The van der Waals surface area contributed by atoms with E-state index < -0.39 is 48.8 Å². The van der Waals surface area contributed by atoms with Crippen LogP contribution in [0, 0.1) is 0 Å². The maximum Gasteiger partial charge on any atom is 0.426 e. The van der Waals surface area contributed by atoms with Crippen LogP contribution in [0.3, 0.4) is 0 Å². The molecule has 2 rings (SSSR count). The van der Waals surface area contributed by atoms with Crippen molar-refractivity contribution in [3.05, 3.63) is 48.6 Å². The van der Waals surface area contributed by atoms with Crippen LogP contribution < -0.4 is 15.2 Å². The van der Waals surface area contributed by atoms with Crippen LogP contribution >= 0.6 is 0 Å². The highest BCUT2D eigenvalue weighted by Crippen LogP contribution is 2.34. The van der Waals surface area contributed by atoms with Gasteiger partial charge in [0.2, 0.25) is 15.6 Å². The summed E-state index contributed by atoms with van der Waals surface area (Å²) in [4.78, 5) is 11.5. The van der Waals surface area contributed by atoms with Crippen LogP contribution in [0.4, 0.5) is 23.2 Å². The van der Waals surface area contributed by atoms with E-state index in [9.17, 15) is 39.9 Å². The van der Waals surface area contributed by atoms with Crippen LogP contribution in [-0.4, -0.2) is 50.7 Å². The summed E-state index contributed by atoms with van der Waals surface area (Å²) in [5.41, 5.74) is -4.20. The number of nitrogens with two attached hydrogens (primary N) is 1. The number of sulfonamides is 2. The normalized spacial score (nSPS) is 23.8. The Labute approximate surface area is 174 Å². The zero-order valence-corrected chi connectivity index (χ0v) is 17.2. The molecule has 172 valence electrons. The first-order valence-electron chi connectivity index (χ1n) is 8.22. The van der Waals surface area contributed by atoms with Crippen LogP contribution in [0.25, 0.3) is 0 Å². The SMILES string of the molecule is C[C@@](O)(C(=O)NC1C=CC=CC1(F)S(=O)(=O)Nc1ccc(S(N)(=O)=O)cc1)C(F)(F)F. The monoisotopic (exact) mass is 487 g/mol. The Bertz CT molecular complexity index is 1130. The molecule has 0 saturated carbocycles. The number of nitrogens with one attached hydrogen (secondary N) is 2. The van der Waals surface area contributed by atoms with Crippen LogP contribution in [0.15, 0.2) is 53.5 Å². The molecule has 0 saturated heterocycles. The molecular formula is C16H17F4N3O6S2. The molecule has 0 bridgehead atoms. The smallest absolute Gasteiger partial charge is 0.373 e. The highest BCUT2D eigenvalue weighted by Gasteiger charge is 2.58. The van der Waals surface area contributed by atoms with Crippen LogP contribution in [0.1, 0.15) is 6.92 Å². The number of hydrogen-bond donors (Lipinski definition) is 4. The molecule has 5 N–H and O–H groups in total. The van der Waals surface area contributed by atoms with E-state index in [1.165, 1.54) is 0 Å². The molecule has 1 amide bonds. The van der Waals surface area contributed by atoms with Gasteiger partial charge < -0.3 is 10.4 Å². The van der Waals surface area contributed by atoms with E-state index in [1.54, 1.807) is 5.32 Å². The van der Waals surface area contributed by atoms with Crippen molar-refractivity contribution in [3.8, 4) is 0 Å². The second-order valence-electron chi connectivity index (χ2n) is 6.64. The maximum absolute atomic E-state index is 15.5. The number of aliphatic hydroxyl groups is 1. The van der Waals surface area contributed by atoms with E-state index in [-0.39, 0.29) is 17.5 Å². The lowest BCUT2D eigenvalue weighted by atomic mass is 10.0. The van der Waals surface area contributed by atoms with Gasteiger partial charge in [-0.1, -0.05) is 18.2 Å². The zero-order chi connectivity index (χ0) is 23.9. The van der Waals surface area contributed by atoms with Gasteiger partial charge in [-0.25, -0.2) is 26.4 Å². The van der Waals surface area contributed by atoms with Crippen molar-refractivity contribution in [2.24, 2.45) is 5.14 Å². The fourth-order valence-electron chi connectivity index (χ4n) is 2.36. The number of carbonyl (C=O) groups excluding carboxylic acids is 1. The van der Waals surface area contributed by atoms with Gasteiger partial charge in [0.1, 0.15) is 6.04 Å². The molecule has 0 fully saturated rings. The van der Waals surface area contributed by atoms with E-state index in [0.717, 1.165) is 42.5 Å². The Morgan fingerprint density at radius 3 is 2.16 bits per heavy atom. The number of allylic oxidation sites excluding steroid dienone is 2. The van der Waals surface area contributed by atoms with Crippen LogP contribution in [0.5, 0.6) is 0 Å². The Morgan fingerprint density at radius 2 is 1.68 bits per heavy atom. The quantitative estimate of drug-likeness (QED) is 0.432. The molecule has 2 unspecified atom stereocenters. The summed E-state index contributed by atoms with van der Waals surface area (Å²) in [5.74, 6) is -2.07. The number of alkyl halides is 4. The number of rotatable bonds is 6. The average Bonchev–Trinajstić information content (AvgIpc) is 2.61. The molecule has 1 aliphatic rings. The fourth-order valence-corrected chi connectivity index (χ4v) is 4.20. The number of amides is 1. The number of carbonyl (C=O) groups is 1. The van der Waals surface area contributed by atoms with Gasteiger partial charge in [0.05, 0.1) is 4.90 Å². The highest BCUT2D eigenvalue weighted by atomic mass is 32.2. The molecule has 31 heavy (non-hydrogen) atoms. The first kappa shape index (κ1) is 24.8. The van der Waals surface area contributed by atoms with Gasteiger partial charge in [0.25, 0.3) is 20.9 Å². The van der Waals surface area contributed by atoms with Crippen LogP contribution in [-0.2, 0) is 24.8 Å². The van der Waals surface area contributed by atoms with Gasteiger partial charge in [-0.2, -0.15) is 13.2 Å². The lowest BCUT2D eigenvalue weighted by molar-refractivity contribution is -0.245. The predicted molar refractivity (Wildman–Crippen MR) is 101 cm³/mol. The Morgan fingerprint density at radius 1 is 1.13 bits per heavy atom. The number of halogens is 4. The molecule has 0 heterocycles. The third-order valence-electron chi connectivity index (χ3n) is 4.29. The number of anilines is 1. The minimum Gasteiger partial charge on any atom is -0.373 e. The highest BCUT2D eigenvalue weighted by molar-refractivity contribution is 7.94. The van der Waals surface area contributed by atoms with Crippen LogP contribution in [0.2, 0.25) is 0 Å². The summed E-state index contributed by atoms with van der Waals surface area (Å²) in [7, 11) is -9.15. The van der Waals surface area contributed by atoms with Crippen molar-refractivity contribution in [1.82, 2.24) is 5.32 Å². The van der Waals surface area contributed by atoms with Gasteiger partial charge >= 0.3 is 6.18 Å². The molecule has 9 nitrogen and oxygen atoms in total. The minimum atomic E-state index is -5.41.